The number of carboxylic acid groups (broad SMARTS) is 1. The molecule has 2 heterocycles. The summed E-state index contributed by atoms with van der Waals surface area (Å²) in [4.78, 5) is 25.0. The van der Waals surface area contributed by atoms with E-state index in [4.69, 9.17) is 0 Å². The second-order valence-electron chi connectivity index (χ2n) is 9.47. The second kappa shape index (κ2) is 9.84. The first-order chi connectivity index (χ1) is 17.7. The van der Waals surface area contributed by atoms with Gasteiger partial charge in [0.15, 0.2) is 11.5 Å². The first-order valence-corrected chi connectivity index (χ1v) is 12.2. The largest absolute Gasteiger partial charge is 0.475 e. The summed E-state index contributed by atoms with van der Waals surface area (Å²) >= 11 is 0. The number of benzene rings is 2. The number of nitrogens with zero attached hydrogens (tertiary/aromatic N) is 4. The number of imidazole rings is 1. The number of fused-ring (bicyclic) bond motifs is 1. The van der Waals surface area contributed by atoms with Crippen LogP contribution in [0.1, 0.15) is 59.3 Å². The Kier molecular flexibility index (Phi) is 6.57. The molecule has 0 saturated heterocycles. The Hall–Kier alpha value is -3.95. The van der Waals surface area contributed by atoms with Gasteiger partial charge in [-0.1, -0.05) is 48.9 Å². The van der Waals surface area contributed by atoms with E-state index in [1.807, 2.05) is 41.8 Å². The summed E-state index contributed by atoms with van der Waals surface area (Å²) in [5.41, 5.74) is 1.66. The van der Waals surface area contributed by atoms with Crippen LogP contribution < -0.4 is 5.32 Å². The number of aromatic carboxylic acids is 1. The number of hydrogen-bond donors (Lipinski definition) is 2. The zero-order valence-corrected chi connectivity index (χ0v) is 20.2. The van der Waals surface area contributed by atoms with Crippen molar-refractivity contribution >= 4 is 23.0 Å². The fourth-order valence-electron chi connectivity index (χ4n) is 4.62. The summed E-state index contributed by atoms with van der Waals surface area (Å²) in [7, 11) is 0. The Morgan fingerprint density at radius 3 is 2.35 bits per heavy atom. The smallest absolute Gasteiger partial charge is 0.416 e. The van der Waals surface area contributed by atoms with Gasteiger partial charge >= 0.3 is 12.1 Å². The number of carbonyl (C=O) groups is 1. The molecule has 0 bridgehead atoms. The van der Waals surface area contributed by atoms with Crippen LogP contribution in [0.15, 0.2) is 54.6 Å². The molecule has 192 valence electrons. The van der Waals surface area contributed by atoms with Crippen molar-refractivity contribution in [3.8, 4) is 0 Å². The number of carboxylic acids is 1. The summed E-state index contributed by atoms with van der Waals surface area (Å²) in [6.07, 6.45) is -0.674. The molecule has 7 nitrogen and oxygen atoms in total. The van der Waals surface area contributed by atoms with E-state index in [9.17, 15) is 23.1 Å². The molecule has 0 aliphatic heterocycles. The van der Waals surface area contributed by atoms with E-state index in [0.717, 1.165) is 37.0 Å². The van der Waals surface area contributed by atoms with Gasteiger partial charge < -0.3 is 15.0 Å². The van der Waals surface area contributed by atoms with Crippen molar-refractivity contribution in [2.24, 2.45) is 5.92 Å². The Labute approximate surface area is 211 Å². The lowest BCUT2D eigenvalue weighted by atomic mass is 9.80. The highest BCUT2D eigenvalue weighted by atomic mass is 19.4. The molecular weight excluding hydrogens is 483 g/mol. The van der Waals surface area contributed by atoms with E-state index in [2.05, 4.69) is 20.3 Å². The van der Waals surface area contributed by atoms with Gasteiger partial charge in [0.2, 0.25) is 5.82 Å². The first-order valence-electron chi connectivity index (χ1n) is 12.2. The standard InChI is InChI=1S/C27H26F3N5O2/c1-16(19-8-5-9-19)31-23-22-24(34-25(33-23)26(36)37)32-21(14-17-6-3-2-4-7-17)35(22)15-18-10-12-20(13-11-18)27(28,29)30/h2-4,6-7,10-13,16,19H,5,8-9,14-15H2,1H3,(H,36,37)(H,31,33,34). The van der Waals surface area contributed by atoms with E-state index < -0.39 is 17.7 Å². The molecule has 2 aromatic heterocycles. The normalized spacial score (nSPS) is 14.9. The van der Waals surface area contributed by atoms with Gasteiger partial charge in [-0.05, 0) is 48.9 Å². The van der Waals surface area contributed by atoms with Crippen LogP contribution in [0.4, 0.5) is 19.0 Å². The van der Waals surface area contributed by atoms with E-state index >= 15 is 0 Å². The molecule has 1 saturated carbocycles. The summed E-state index contributed by atoms with van der Waals surface area (Å²) < 4.78 is 41.2. The number of nitrogens with one attached hydrogen (secondary N) is 1. The van der Waals surface area contributed by atoms with Gasteiger partial charge in [-0.15, -0.1) is 0 Å². The Bertz CT molecular complexity index is 1410. The topological polar surface area (TPSA) is 92.9 Å². The van der Waals surface area contributed by atoms with Crippen LogP contribution in [0.5, 0.6) is 0 Å². The Morgan fingerprint density at radius 2 is 1.76 bits per heavy atom. The van der Waals surface area contributed by atoms with E-state index in [-0.39, 0.29) is 24.1 Å². The molecule has 10 heteroatoms. The van der Waals surface area contributed by atoms with Crippen LogP contribution in [0.3, 0.4) is 0 Å². The minimum atomic E-state index is -4.42. The molecule has 0 spiro atoms. The molecule has 0 radical (unpaired) electrons. The van der Waals surface area contributed by atoms with Crippen molar-refractivity contribution in [1.29, 1.82) is 0 Å². The number of hydrogen-bond acceptors (Lipinski definition) is 5. The molecule has 1 aliphatic rings. The molecule has 5 rings (SSSR count). The lowest BCUT2D eigenvalue weighted by Crippen LogP contribution is -2.31. The minimum Gasteiger partial charge on any atom is -0.475 e. The van der Waals surface area contributed by atoms with Crippen molar-refractivity contribution in [3.05, 3.63) is 82.9 Å². The maximum Gasteiger partial charge on any atom is 0.416 e. The van der Waals surface area contributed by atoms with Crippen molar-refractivity contribution < 1.29 is 23.1 Å². The number of anilines is 1. The lowest BCUT2D eigenvalue weighted by Gasteiger charge is -2.32. The number of aromatic nitrogens is 4. The third-order valence-corrected chi connectivity index (χ3v) is 6.92. The van der Waals surface area contributed by atoms with E-state index in [1.165, 1.54) is 12.1 Å². The second-order valence-corrected chi connectivity index (χ2v) is 9.47. The number of halogens is 3. The third kappa shape index (κ3) is 5.28. The molecule has 37 heavy (non-hydrogen) atoms. The third-order valence-electron chi connectivity index (χ3n) is 6.92. The van der Waals surface area contributed by atoms with Gasteiger partial charge in [0.25, 0.3) is 0 Å². The molecule has 0 amide bonds. The zero-order chi connectivity index (χ0) is 26.2. The van der Waals surface area contributed by atoms with Crippen LogP contribution in [0, 0.1) is 5.92 Å². The first kappa shape index (κ1) is 24.7. The molecule has 4 aromatic rings. The Morgan fingerprint density at radius 1 is 1.05 bits per heavy atom. The van der Waals surface area contributed by atoms with Gasteiger partial charge in [-0.2, -0.15) is 13.2 Å². The molecule has 1 atom stereocenters. The molecule has 2 N–H and O–H groups in total. The van der Waals surface area contributed by atoms with E-state index in [1.54, 1.807) is 0 Å². The lowest BCUT2D eigenvalue weighted by molar-refractivity contribution is -0.137. The minimum absolute atomic E-state index is 0.0560. The van der Waals surface area contributed by atoms with Crippen LogP contribution >= 0.6 is 0 Å². The summed E-state index contributed by atoms with van der Waals surface area (Å²) in [5.74, 6) is -0.199. The van der Waals surface area contributed by atoms with Crippen LogP contribution in [0.25, 0.3) is 11.2 Å². The van der Waals surface area contributed by atoms with Crippen LogP contribution in [-0.4, -0.2) is 36.6 Å². The zero-order valence-electron chi connectivity index (χ0n) is 20.2. The predicted molar refractivity (Wildman–Crippen MR) is 133 cm³/mol. The molecular formula is C27H26F3N5O2. The highest BCUT2D eigenvalue weighted by molar-refractivity contribution is 5.90. The quantitative estimate of drug-likeness (QED) is 0.313. The molecule has 1 unspecified atom stereocenters. The molecule has 2 aromatic carbocycles. The van der Waals surface area contributed by atoms with Crippen molar-refractivity contribution in [2.45, 2.75) is 51.4 Å². The maximum absolute atomic E-state index is 13.1. The van der Waals surface area contributed by atoms with Gasteiger partial charge in [-0.3, -0.25) is 0 Å². The predicted octanol–water partition coefficient (Wildman–Crippen LogP) is 5.78. The van der Waals surface area contributed by atoms with Gasteiger partial charge in [0.1, 0.15) is 11.3 Å². The molecule has 1 aliphatic carbocycles. The number of alkyl halides is 3. The average molecular weight is 510 g/mol. The highest BCUT2D eigenvalue weighted by Crippen LogP contribution is 2.33. The van der Waals surface area contributed by atoms with Gasteiger partial charge in [-0.25, -0.2) is 19.7 Å². The average Bonchev–Trinajstić information content (AvgIpc) is 3.15. The van der Waals surface area contributed by atoms with Crippen LogP contribution in [0.2, 0.25) is 0 Å². The van der Waals surface area contributed by atoms with E-state index in [0.29, 0.717) is 35.1 Å². The fraction of sp³-hybridized carbons (Fsp3) is 0.333. The molecule has 1 fully saturated rings. The monoisotopic (exact) mass is 509 g/mol. The van der Waals surface area contributed by atoms with Gasteiger partial charge in [0.05, 0.1) is 5.56 Å². The fourth-order valence-corrected chi connectivity index (χ4v) is 4.62. The van der Waals surface area contributed by atoms with Crippen molar-refractivity contribution in [3.63, 3.8) is 0 Å². The highest BCUT2D eigenvalue weighted by Gasteiger charge is 2.30. The Balaban J connectivity index is 1.62. The summed E-state index contributed by atoms with van der Waals surface area (Å²) in [6.45, 7) is 2.26. The van der Waals surface area contributed by atoms with Crippen molar-refractivity contribution in [1.82, 2.24) is 19.5 Å². The summed E-state index contributed by atoms with van der Waals surface area (Å²) in [6, 6.07) is 14.7. The summed E-state index contributed by atoms with van der Waals surface area (Å²) in [5, 5.41) is 13.0. The SMILES string of the molecule is CC(Nc1nc(C(=O)O)nc2nc(Cc3ccccc3)n(Cc3ccc(C(F)(F)F)cc3)c12)C1CCC1. The van der Waals surface area contributed by atoms with Crippen molar-refractivity contribution in [2.75, 3.05) is 5.32 Å². The van der Waals surface area contributed by atoms with Crippen LogP contribution in [-0.2, 0) is 19.1 Å². The maximum atomic E-state index is 13.1. The van der Waals surface area contributed by atoms with Gasteiger partial charge in [0, 0.05) is 19.0 Å². The number of rotatable bonds is 8.